The standard InChI is InChI=1S/C12H24N2O2S.ClH/c1-9(2)11(15)3-4-14-12(16)7-10-8-17-6-5-13-10;/h9-11,13,15H,3-8H2,1-2H3,(H,14,16);1H. The van der Waals surface area contributed by atoms with Crippen LogP contribution in [0.5, 0.6) is 0 Å². The molecule has 0 bridgehead atoms. The maximum Gasteiger partial charge on any atom is 0.221 e. The van der Waals surface area contributed by atoms with Crippen LogP contribution < -0.4 is 10.6 Å². The lowest BCUT2D eigenvalue weighted by Crippen LogP contribution is -2.41. The molecule has 0 radical (unpaired) electrons. The fourth-order valence-corrected chi connectivity index (χ4v) is 2.69. The number of aliphatic hydroxyl groups excluding tert-OH is 1. The molecule has 6 heteroatoms. The second-order valence-corrected chi connectivity index (χ2v) is 6.03. The van der Waals surface area contributed by atoms with Gasteiger partial charge in [-0.05, 0) is 12.3 Å². The summed E-state index contributed by atoms with van der Waals surface area (Å²) in [6, 6.07) is 0.309. The molecule has 0 aromatic heterocycles. The van der Waals surface area contributed by atoms with E-state index in [9.17, 15) is 9.90 Å². The molecular weight excluding hydrogens is 272 g/mol. The molecule has 108 valence electrons. The lowest BCUT2D eigenvalue weighted by molar-refractivity contribution is -0.121. The van der Waals surface area contributed by atoms with E-state index in [0.29, 0.717) is 25.4 Å². The van der Waals surface area contributed by atoms with Gasteiger partial charge in [0.05, 0.1) is 6.10 Å². The van der Waals surface area contributed by atoms with Crippen LogP contribution in [0.3, 0.4) is 0 Å². The topological polar surface area (TPSA) is 61.4 Å². The Labute approximate surface area is 120 Å². The van der Waals surface area contributed by atoms with Crippen molar-refractivity contribution < 1.29 is 9.90 Å². The number of carbonyl (C=O) groups is 1. The SMILES string of the molecule is CC(C)C(O)CCNC(=O)CC1CSCCN1.Cl. The van der Waals surface area contributed by atoms with E-state index in [1.807, 2.05) is 25.6 Å². The summed E-state index contributed by atoms with van der Waals surface area (Å²) in [5, 5.41) is 15.8. The average molecular weight is 297 g/mol. The van der Waals surface area contributed by atoms with Gasteiger partial charge in [-0.25, -0.2) is 0 Å². The summed E-state index contributed by atoms with van der Waals surface area (Å²) in [6.45, 7) is 5.53. The zero-order chi connectivity index (χ0) is 12.7. The van der Waals surface area contributed by atoms with Crippen molar-refractivity contribution in [2.45, 2.75) is 38.8 Å². The molecule has 1 heterocycles. The minimum atomic E-state index is -0.321. The van der Waals surface area contributed by atoms with Crippen molar-refractivity contribution in [1.82, 2.24) is 10.6 Å². The molecule has 1 fully saturated rings. The molecule has 18 heavy (non-hydrogen) atoms. The monoisotopic (exact) mass is 296 g/mol. The Hall–Kier alpha value is 0.0300. The van der Waals surface area contributed by atoms with Gasteiger partial charge in [-0.3, -0.25) is 4.79 Å². The van der Waals surface area contributed by atoms with Crippen molar-refractivity contribution in [3.63, 3.8) is 0 Å². The van der Waals surface area contributed by atoms with Gasteiger partial charge in [0.2, 0.25) is 5.91 Å². The van der Waals surface area contributed by atoms with E-state index in [1.54, 1.807) is 0 Å². The van der Waals surface area contributed by atoms with E-state index >= 15 is 0 Å². The zero-order valence-corrected chi connectivity index (χ0v) is 12.8. The lowest BCUT2D eigenvalue weighted by atomic mass is 10.0. The number of hydrogen-bond donors (Lipinski definition) is 3. The Balaban J connectivity index is 0.00000289. The van der Waals surface area contributed by atoms with Gasteiger partial charge in [-0.1, -0.05) is 13.8 Å². The van der Waals surface area contributed by atoms with E-state index in [4.69, 9.17) is 0 Å². The Morgan fingerprint density at radius 1 is 1.56 bits per heavy atom. The highest BCUT2D eigenvalue weighted by Crippen LogP contribution is 2.10. The van der Waals surface area contributed by atoms with Crippen molar-refractivity contribution in [3.05, 3.63) is 0 Å². The number of thioether (sulfide) groups is 1. The second kappa shape index (κ2) is 9.89. The Morgan fingerprint density at radius 2 is 2.28 bits per heavy atom. The predicted octanol–water partition coefficient (Wildman–Crippen LogP) is 1.03. The molecule has 1 rings (SSSR count). The van der Waals surface area contributed by atoms with Crippen LogP contribution in [0.15, 0.2) is 0 Å². The lowest BCUT2D eigenvalue weighted by Gasteiger charge is -2.22. The molecule has 1 aliphatic heterocycles. The van der Waals surface area contributed by atoms with E-state index in [0.717, 1.165) is 18.1 Å². The summed E-state index contributed by atoms with van der Waals surface area (Å²) in [6.07, 6.45) is 0.861. The molecule has 4 nitrogen and oxygen atoms in total. The van der Waals surface area contributed by atoms with Gasteiger partial charge in [0, 0.05) is 37.1 Å². The third-order valence-electron chi connectivity index (χ3n) is 2.96. The summed E-state index contributed by atoms with van der Waals surface area (Å²) in [5.41, 5.74) is 0. The second-order valence-electron chi connectivity index (χ2n) is 4.88. The number of carbonyl (C=O) groups excluding carboxylic acids is 1. The highest BCUT2D eigenvalue weighted by Gasteiger charge is 2.16. The third kappa shape index (κ3) is 7.46. The normalized spacial score (nSPS) is 21.2. The van der Waals surface area contributed by atoms with Crippen LogP contribution in [-0.4, -0.2) is 47.8 Å². The summed E-state index contributed by atoms with van der Waals surface area (Å²) < 4.78 is 0. The van der Waals surface area contributed by atoms with Crippen LogP contribution in [0.1, 0.15) is 26.7 Å². The molecule has 1 saturated heterocycles. The molecule has 1 aliphatic rings. The third-order valence-corrected chi connectivity index (χ3v) is 4.09. The molecule has 1 amide bonds. The van der Waals surface area contributed by atoms with Crippen molar-refractivity contribution in [2.24, 2.45) is 5.92 Å². The average Bonchev–Trinajstić information content (AvgIpc) is 2.30. The van der Waals surface area contributed by atoms with Gasteiger partial charge in [-0.2, -0.15) is 11.8 Å². The first kappa shape index (κ1) is 18.0. The molecular formula is C12H25ClN2O2S. The van der Waals surface area contributed by atoms with Gasteiger partial charge in [0.1, 0.15) is 0 Å². The number of nitrogens with one attached hydrogen (secondary N) is 2. The van der Waals surface area contributed by atoms with Gasteiger partial charge in [-0.15, -0.1) is 12.4 Å². The maximum absolute atomic E-state index is 11.6. The molecule has 0 aliphatic carbocycles. The molecule has 0 aromatic carbocycles. The molecule has 0 spiro atoms. The number of halogens is 1. The van der Waals surface area contributed by atoms with Crippen LogP contribution in [-0.2, 0) is 4.79 Å². The van der Waals surface area contributed by atoms with Gasteiger partial charge >= 0.3 is 0 Å². The zero-order valence-electron chi connectivity index (χ0n) is 11.1. The molecule has 0 saturated carbocycles. The van der Waals surface area contributed by atoms with Crippen molar-refractivity contribution >= 4 is 30.1 Å². The summed E-state index contributed by atoms with van der Waals surface area (Å²) in [4.78, 5) is 11.6. The number of aliphatic hydroxyl groups is 1. The van der Waals surface area contributed by atoms with Crippen molar-refractivity contribution in [3.8, 4) is 0 Å². The molecule has 2 unspecified atom stereocenters. The van der Waals surface area contributed by atoms with E-state index in [1.165, 1.54) is 0 Å². The highest BCUT2D eigenvalue weighted by atomic mass is 35.5. The van der Waals surface area contributed by atoms with Crippen molar-refractivity contribution in [1.29, 1.82) is 0 Å². The number of rotatable bonds is 6. The summed E-state index contributed by atoms with van der Waals surface area (Å²) in [5.74, 6) is 2.49. The Bertz CT molecular complexity index is 236. The van der Waals surface area contributed by atoms with Gasteiger partial charge in [0.25, 0.3) is 0 Å². The van der Waals surface area contributed by atoms with Crippen LogP contribution in [0.4, 0.5) is 0 Å². The largest absolute Gasteiger partial charge is 0.393 e. The fraction of sp³-hybridized carbons (Fsp3) is 0.917. The minimum Gasteiger partial charge on any atom is -0.393 e. The fourth-order valence-electron chi connectivity index (χ4n) is 1.74. The first-order valence-corrected chi connectivity index (χ1v) is 7.51. The first-order chi connectivity index (χ1) is 8.09. The van der Waals surface area contributed by atoms with Crippen LogP contribution >= 0.6 is 24.2 Å². The molecule has 0 aromatic rings. The summed E-state index contributed by atoms with van der Waals surface area (Å²) in [7, 11) is 0. The first-order valence-electron chi connectivity index (χ1n) is 6.35. The van der Waals surface area contributed by atoms with E-state index < -0.39 is 0 Å². The maximum atomic E-state index is 11.6. The van der Waals surface area contributed by atoms with Gasteiger partial charge < -0.3 is 15.7 Å². The Morgan fingerprint density at radius 3 is 2.83 bits per heavy atom. The van der Waals surface area contributed by atoms with Gasteiger partial charge in [0.15, 0.2) is 0 Å². The highest BCUT2D eigenvalue weighted by molar-refractivity contribution is 7.99. The quantitative estimate of drug-likeness (QED) is 0.685. The summed E-state index contributed by atoms with van der Waals surface area (Å²) >= 11 is 1.90. The van der Waals surface area contributed by atoms with E-state index in [-0.39, 0.29) is 30.3 Å². The number of hydrogen-bond acceptors (Lipinski definition) is 4. The smallest absolute Gasteiger partial charge is 0.221 e. The van der Waals surface area contributed by atoms with Crippen LogP contribution in [0.25, 0.3) is 0 Å². The van der Waals surface area contributed by atoms with E-state index in [2.05, 4.69) is 10.6 Å². The number of amides is 1. The minimum absolute atomic E-state index is 0. The predicted molar refractivity (Wildman–Crippen MR) is 79.5 cm³/mol. The molecule has 3 N–H and O–H groups in total. The molecule has 2 atom stereocenters. The van der Waals surface area contributed by atoms with Crippen LogP contribution in [0.2, 0.25) is 0 Å². The van der Waals surface area contributed by atoms with Crippen molar-refractivity contribution in [2.75, 3.05) is 24.6 Å². The van der Waals surface area contributed by atoms with Crippen LogP contribution in [0, 0.1) is 5.92 Å². The Kier molecular flexibility index (Phi) is 9.91.